The van der Waals surface area contributed by atoms with Crippen LogP contribution in [0.5, 0.6) is 0 Å². The first-order chi connectivity index (χ1) is 13.7. The number of hydrogen-bond donors (Lipinski definition) is 1. The summed E-state index contributed by atoms with van der Waals surface area (Å²) in [6, 6.07) is 14.0. The van der Waals surface area contributed by atoms with E-state index in [0.29, 0.717) is 11.5 Å². The lowest BCUT2D eigenvalue weighted by atomic mass is 10.1. The van der Waals surface area contributed by atoms with Gasteiger partial charge in [0, 0.05) is 10.0 Å². The normalized spacial score (nSPS) is 11.8. The molecule has 3 rings (SSSR count). The van der Waals surface area contributed by atoms with E-state index in [9.17, 15) is 18.0 Å². The van der Waals surface area contributed by atoms with E-state index in [2.05, 4.69) is 26.5 Å². The maximum Gasteiger partial charge on any atom is 0.416 e. The first kappa shape index (κ1) is 20.9. The van der Waals surface area contributed by atoms with Crippen LogP contribution in [0.4, 0.5) is 13.2 Å². The van der Waals surface area contributed by atoms with Gasteiger partial charge in [0.2, 0.25) is 5.91 Å². The quantitative estimate of drug-likeness (QED) is 0.387. The number of furan rings is 1. The fourth-order valence-corrected chi connectivity index (χ4v) is 3.33. The molecule has 1 N–H and O–H groups in total. The summed E-state index contributed by atoms with van der Waals surface area (Å²) in [6.07, 6.45) is -3.34. The van der Waals surface area contributed by atoms with Gasteiger partial charge < -0.3 is 4.42 Å². The third kappa shape index (κ3) is 5.57. The summed E-state index contributed by atoms with van der Waals surface area (Å²) < 4.78 is 44.8. The van der Waals surface area contributed by atoms with Crippen molar-refractivity contribution in [3.63, 3.8) is 0 Å². The van der Waals surface area contributed by atoms with Crippen LogP contribution in [0.3, 0.4) is 0 Å². The summed E-state index contributed by atoms with van der Waals surface area (Å²) in [7, 11) is 0. The number of aryl methyl sites for hydroxylation is 1. The Morgan fingerprint density at radius 1 is 1.17 bits per heavy atom. The first-order valence-corrected chi connectivity index (χ1v) is 9.36. The highest BCUT2D eigenvalue weighted by Gasteiger charge is 2.30. The molecule has 0 spiro atoms. The van der Waals surface area contributed by atoms with Crippen LogP contribution in [-0.2, 0) is 17.4 Å². The average molecular weight is 465 g/mol. The monoisotopic (exact) mass is 464 g/mol. The summed E-state index contributed by atoms with van der Waals surface area (Å²) in [4.78, 5) is 11.9. The molecule has 0 radical (unpaired) electrons. The minimum atomic E-state index is -4.45. The van der Waals surface area contributed by atoms with Gasteiger partial charge in [0.15, 0.2) is 0 Å². The second-order valence-corrected chi connectivity index (χ2v) is 7.21. The van der Waals surface area contributed by atoms with Crippen LogP contribution in [0, 0.1) is 6.92 Å². The summed E-state index contributed by atoms with van der Waals surface area (Å²) in [5.74, 6) is 0.522. The Labute approximate surface area is 173 Å². The zero-order valence-electron chi connectivity index (χ0n) is 15.3. The molecule has 2 aromatic carbocycles. The molecule has 0 fully saturated rings. The molecule has 150 valence electrons. The summed E-state index contributed by atoms with van der Waals surface area (Å²) in [5.41, 5.74) is 3.73. The standard InChI is InChI=1S/C21H16BrF3N2O2/c1-13-5-7-17(18(22)9-13)19-8-6-16(29-19)12-26-27-20(28)11-14-3-2-4-15(10-14)21(23,24)25/h2-10,12H,11H2,1H3,(H,27,28)/b26-12+. The summed E-state index contributed by atoms with van der Waals surface area (Å²) in [6.45, 7) is 1.98. The van der Waals surface area contributed by atoms with E-state index in [1.165, 1.54) is 18.3 Å². The molecule has 29 heavy (non-hydrogen) atoms. The van der Waals surface area contributed by atoms with Crippen LogP contribution in [0.2, 0.25) is 0 Å². The van der Waals surface area contributed by atoms with Crippen LogP contribution in [0.25, 0.3) is 11.3 Å². The van der Waals surface area contributed by atoms with Crippen molar-refractivity contribution in [1.82, 2.24) is 5.43 Å². The Morgan fingerprint density at radius 2 is 1.97 bits per heavy atom. The summed E-state index contributed by atoms with van der Waals surface area (Å²) in [5, 5.41) is 3.80. The molecule has 0 bridgehead atoms. The van der Waals surface area contributed by atoms with Gasteiger partial charge in [-0.3, -0.25) is 4.79 Å². The molecule has 3 aromatic rings. The highest BCUT2D eigenvalue weighted by atomic mass is 79.9. The molecule has 0 saturated heterocycles. The van der Waals surface area contributed by atoms with Gasteiger partial charge >= 0.3 is 6.18 Å². The van der Waals surface area contributed by atoms with Crippen LogP contribution in [0.1, 0.15) is 22.5 Å². The van der Waals surface area contributed by atoms with E-state index in [-0.39, 0.29) is 12.0 Å². The second kappa shape index (κ2) is 8.65. The molecule has 0 atom stereocenters. The molecule has 8 heteroatoms. The smallest absolute Gasteiger partial charge is 0.416 e. The number of alkyl halides is 3. The number of hydrogen-bond acceptors (Lipinski definition) is 3. The highest BCUT2D eigenvalue weighted by molar-refractivity contribution is 9.10. The highest BCUT2D eigenvalue weighted by Crippen LogP contribution is 2.30. The Bertz CT molecular complexity index is 1060. The van der Waals surface area contributed by atoms with Crippen molar-refractivity contribution < 1.29 is 22.4 Å². The Hall–Kier alpha value is -2.87. The molecule has 1 amide bonds. The van der Waals surface area contributed by atoms with E-state index in [0.717, 1.165) is 27.7 Å². The third-order valence-electron chi connectivity index (χ3n) is 4.02. The van der Waals surface area contributed by atoms with E-state index in [1.54, 1.807) is 12.1 Å². The molecular formula is C21H16BrF3N2O2. The van der Waals surface area contributed by atoms with Crippen LogP contribution < -0.4 is 5.43 Å². The molecule has 0 aliphatic heterocycles. The number of amides is 1. The van der Waals surface area contributed by atoms with Gasteiger partial charge in [-0.05, 0) is 48.4 Å². The van der Waals surface area contributed by atoms with Crippen LogP contribution >= 0.6 is 15.9 Å². The van der Waals surface area contributed by atoms with Gasteiger partial charge in [-0.15, -0.1) is 0 Å². The molecular weight excluding hydrogens is 449 g/mol. The zero-order valence-corrected chi connectivity index (χ0v) is 16.8. The first-order valence-electron chi connectivity index (χ1n) is 8.57. The molecule has 1 heterocycles. The zero-order chi connectivity index (χ0) is 21.0. The lowest BCUT2D eigenvalue weighted by molar-refractivity contribution is -0.137. The molecule has 0 aliphatic carbocycles. The number of nitrogens with one attached hydrogen (secondary N) is 1. The summed E-state index contributed by atoms with van der Waals surface area (Å²) >= 11 is 3.49. The van der Waals surface area contributed by atoms with Crippen molar-refractivity contribution in [2.75, 3.05) is 0 Å². The number of carbonyl (C=O) groups excluding carboxylic acids is 1. The van der Waals surface area contributed by atoms with Crippen molar-refractivity contribution in [2.24, 2.45) is 5.10 Å². The van der Waals surface area contributed by atoms with E-state index < -0.39 is 17.6 Å². The van der Waals surface area contributed by atoms with Gasteiger partial charge in [-0.1, -0.05) is 40.2 Å². The lowest BCUT2D eigenvalue weighted by Gasteiger charge is -2.08. The van der Waals surface area contributed by atoms with Crippen molar-refractivity contribution in [3.8, 4) is 11.3 Å². The third-order valence-corrected chi connectivity index (χ3v) is 4.67. The fourth-order valence-electron chi connectivity index (χ4n) is 2.64. The topological polar surface area (TPSA) is 54.6 Å². The lowest BCUT2D eigenvalue weighted by Crippen LogP contribution is -2.20. The van der Waals surface area contributed by atoms with E-state index >= 15 is 0 Å². The fraction of sp³-hybridized carbons (Fsp3) is 0.143. The molecule has 0 unspecified atom stereocenters. The molecule has 0 aliphatic rings. The number of carbonyl (C=O) groups is 1. The van der Waals surface area contributed by atoms with Crippen molar-refractivity contribution >= 4 is 28.1 Å². The van der Waals surface area contributed by atoms with Gasteiger partial charge in [-0.25, -0.2) is 5.43 Å². The van der Waals surface area contributed by atoms with Gasteiger partial charge in [-0.2, -0.15) is 18.3 Å². The SMILES string of the molecule is Cc1ccc(-c2ccc(/C=N/NC(=O)Cc3cccc(C(F)(F)F)c3)o2)c(Br)c1. The maximum absolute atomic E-state index is 12.7. The Kier molecular flexibility index (Phi) is 6.22. The Balaban J connectivity index is 1.60. The van der Waals surface area contributed by atoms with Crippen molar-refractivity contribution in [2.45, 2.75) is 19.5 Å². The number of halogens is 4. The molecule has 1 aromatic heterocycles. The maximum atomic E-state index is 12.7. The van der Waals surface area contributed by atoms with Crippen LogP contribution in [0.15, 0.2) is 68.6 Å². The predicted molar refractivity (Wildman–Crippen MR) is 107 cm³/mol. The Morgan fingerprint density at radius 3 is 2.69 bits per heavy atom. The number of benzene rings is 2. The second-order valence-electron chi connectivity index (χ2n) is 6.35. The molecule has 4 nitrogen and oxygen atoms in total. The minimum Gasteiger partial charge on any atom is -0.455 e. The van der Waals surface area contributed by atoms with Crippen molar-refractivity contribution in [1.29, 1.82) is 0 Å². The van der Waals surface area contributed by atoms with Gasteiger partial charge in [0.05, 0.1) is 18.2 Å². The minimum absolute atomic E-state index is 0.221. The number of rotatable bonds is 5. The largest absolute Gasteiger partial charge is 0.455 e. The molecule has 0 saturated carbocycles. The average Bonchev–Trinajstić information content (AvgIpc) is 3.10. The number of nitrogens with zero attached hydrogens (tertiary/aromatic N) is 1. The predicted octanol–water partition coefficient (Wildman–Crippen LogP) is 5.73. The number of hydrazone groups is 1. The van der Waals surface area contributed by atoms with Crippen LogP contribution in [-0.4, -0.2) is 12.1 Å². The van der Waals surface area contributed by atoms with Crippen molar-refractivity contribution in [3.05, 3.63) is 81.5 Å². The van der Waals surface area contributed by atoms with E-state index in [1.807, 2.05) is 25.1 Å². The van der Waals surface area contributed by atoms with E-state index in [4.69, 9.17) is 4.42 Å². The van der Waals surface area contributed by atoms with Gasteiger partial charge in [0.1, 0.15) is 11.5 Å². The van der Waals surface area contributed by atoms with Gasteiger partial charge in [0.25, 0.3) is 0 Å².